The summed E-state index contributed by atoms with van der Waals surface area (Å²) in [6.07, 6.45) is 4.86. The minimum atomic E-state index is 0.0186. The molecule has 6 nitrogen and oxygen atoms in total. The van der Waals surface area contributed by atoms with Gasteiger partial charge >= 0.3 is 0 Å². The van der Waals surface area contributed by atoms with Crippen molar-refractivity contribution in [2.75, 3.05) is 18.0 Å². The Hall–Kier alpha value is -3.41. The van der Waals surface area contributed by atoms with Crippen LogP contribution in [0.3, 0.4) is 0 Å². The standard InChI is InChI=1S/C23H24N4O2/c28-22(26-17-18-7-3-1-4-8-18)19-11-15-27(16-12-19)21-23(25-14-13-24-21)29-20-9-5-2-6-10-20/h1-10,13-14,19H,11-12,15-17H2,(H,26,28). The van der Waals surface area contributed by atoms with Gasteiger partial charge in [0, 0.05) is 37.9 Å². The third kappa shape index (κ3) is 4.90. The number of anilines is 1. The van der Waals surface area contributed by atoms with Gasteiger partial charge in [0.2, 0.25) is 5.91 Å². The second-order valence-corrected chi connectivity index (χ2v) is 7.06. The average molecular weight is 388 g/mol. The molecule has 148 valence electrons. The Balaban J connectivity index is 1.34. The fourth-order valence-corrected chi connectivity index (χ4v) is 3.49. The third-order valence-electron chi connectivity index (χ3n) is 5.08. The molecule has 1 saturated heterocycles. The van der Waals surface area contributed by atoms with Crippen LogP contribution in [-0.2, 0) is 11.3 Å². The Morgan fingerprint density at radius 1 is 0.966 bits per heavy atom. The van der Waals surface area contributed by atoms with E-state index in [4.69, 9.17) is 4.74 Å². The normalized spacial score (nSPS) is 14.4. The van der Waals surface area contributed by atoms with Gasteiger partial charge < -0.3 is 15.0 Å². The van der Waals surface area contributed by atoms with Crippen LogP contribution in [0.4, 0.5) is 5.82 Å². The van der Waals surface area contributed by atoms with Crippen LogP contribution >= 0.6 is 0 Å². The number of carbonyl (C=O) groups is 1. The number of amides is 1. The van der Waals surface area contributed by atoms with Crippen molar-refractivity contribution in [1.82, 2.24) is 15.3 Å². The molecular formula is C23H24N4O2. The van der Waals surface area contributed by atoms with E-state index in [-0.39, 0.29) is 11.8 Å². The monoisotopic (exact) mass is 388 g/mol. The quantitative estimate of drug-likeness (QED) is 0.696. The molecule has 0 saturated carbocycles. The van der Waals surface area contributed by atoms with Crippen LogP contribution in [0.25, 0.3) is 0 Å². The molecule has 1 aliphatic rings. The fourth-order valence-electron chi connectivity index (χ4n) is 3.49. The van der Waals surface area contributed by atoms with Gasteiger partial charge in [0.1, 0.15) is 5.75 Å². The number of hydrogen-bond donors (Lipinski definition) is 1. The molecule has 0 spiro atoms. The van der Waals surface area contributed by atoms with Gasteiger partial charge in [-0.2, -0.15) is 0 Å². The van der Waals surface area contributed by atoms with Crippen molar-refractivity contribution < 1.29 is 9.53 Å². The SMILES string of the molecule is O=C(NCc1ccccc1)C1CCN(c2nccnc2Oc2ccccc2)CC1. The Labute approximate surface area is 170 Å². The van der Waals surface area contributed by atoms with E-state index in [0.717, 1.165) is 43.1 Å². The molecule has 2 aromatic carbocycles. The van der Waals surface area contributed by atoms with Gasteiger partial charge in [-0.05, 0) is 30.5 Å². The largest absolute Gasteiger partial charge is 0.436 e. The first-order valence-electron chi connectivity index (χ1n) is 9.90. The van der Waals surface area contributed by atoms with Gasteiger partial charge in [0.05, 0.1) is 0 Å². The van der Waals surface area contributed by atoms with Crippen LogP contribution in [0.5, 0.6) is 11.6 Å². The Bertz CT molecular complexity index is 926. The molecule has 1 aliphatic heterocycles. The Kier molecular flexibility index (Phi) is 6.00. The summed E-state index contributed by atoms with van der Waals surface area (Å²) in [6, 6.07) is 19.5. The first-order chi connectivity index (χ1) is 14.3. The van der Waals surface area contributed by atoms with Crippen molar-refractivity contribution in [3.05, 3.63) is 78.6 Å². The maximum atomic E-state index is 12.5. The summed E-state index contributed by atoms with van der Waals surface area (Å²) in [5, 5.41) is 3.06. The lowest BCUT2D eigenvalue weighted by Gasteiger charge is -2.32. The number of nitrogens with one attached hydrogen (secondary N) is 1. The van der Waals surface area contributed by atoms with Crippen molar-refractivity contribution in [2.45, 2.75) is 19.4 Å². The Morgan fingerprint density at radius 2 is 1.62 bits per heavy atom. The number of rotatable bonds is 6. The van der Waals surface area contributed by atoms with E-state index in [1.165, 1.54) is 0 Å². The predicted molar refractivity (Wildman–Crippen MR) is 112 cm³/mol. The number of piperidine rings is 1. The van der Waals surface area contributed by atoms with Crippen LogP contribution < -0.4 is 15.0 Å². The molecule has 0 atom stereocenters. The number of benzene rings is 2. The van der Waals surface area contributed by atoms with Gasteiger partial charge in [-0.3, -0.25) is 4.79 Å². The molecule has 0 aliphatic carbocycles. The molecule has 0 bridgehead atoms. The maximum Gasteiger partial charge on any atom is 0.263 e. The van der Waals surface area contributed by atoms with Crippen molar-refractivity contribution in [1.29, 1.82) is 0 Å². The van der Waals surface area contributed by atoms with E-state index >= 15 is 0 Å². The van der Waals surface area contributed by atoms with Crippen molar-refractivity contribution in [2.24, 2.45) is 5.92 Å². The van der Waals surface area contributed by atoms with Gasteiger partial charge in [-0.1, -0.05) is 48.5 Å². The highest BCUT2D eigenvalue weighted by Crippen LogP contribution is 2.30. The van der Waals surface area contributed by atoms with Crippen molar-refractivity contribution in [3.63, 3.8) is 0 Å². The topological polar surface area (TPSA) is 67.4 Å². The minimum absolute atomic E-state index is 0.0186. The minimum Gasteiger partial charge on any atom is -0.436 e. The molecule has 1 fully saturated rings. The molecule has 6 heteroatoms. The number of para-hydroxylation sites is 1. The van der Waals surface area contributed by atoms with Crippen LogP contribution in [-0.4, -0.2) is 29.0 Å². The van der Waals surface area contributed by atoms with Crippen LogP contribution in [0, 0.1) is 5.92 Å². The molecule has 3 aromatic rings. The summed E-state index contributed by atoms with van der Waals surface area (Å²) in [4.78, 5) is 23.5. The van der Waals surface area contributed by atoms with Gasteiger partial charge in [-0.25, -0.2) is 9.97 Å². The molecule has 1 aromatic heterocycles. The zero-order valence-electron chi connectivity index (χ0n) is 16.2. The van der Waals surface area contributed by atoms with E-state index in [1.807, 2.05) is 60.7 Å². The highest BCUT2D eigenvalue weighted by molar-refractivity contribution is 5.79. The lowest BCUT2D eigenvalue weighted by molar-refractivity contribution is -0.125. The fraction of sp³-hybridized carbons (Fsp3) is 0.261. The highest BCUT2D eigenvalue weighted by Gasteiger charge is 2.27. The van der Waals surface area contributed by atoms with Gasteiger partial charge in [0.25, 0.3) is 5.88 Å². The van der Waals surface area contributed by atoms with Crippen LogP contribution in [0.2, 0.25) is 0 Å². The maximum absolute atomic E-state index is 12.5. The average Bonchev–Trinajstić information content (AvgIpc) is 2.79. The summed E-state index contributed by atoms with van der Waals surface area (Å²) >= 11 is 0. The second kappa shape index (κ2) is 9.19. The third-order valence-corrected chi connectivity index (χ3v) is 5.08. The van der Waals surface area contributed by atoms with Gasteiger partial charge in [0.15, 0.2) is 5.82 Å². The second-order valence-electron chi connectivity index (χ2n) is 7.06. The molecule has 29 heavy (non-hydrogen) atoms. The molecule has 0 radical (unpaired) electrons. The number of ether oxygens (including phenoxy) is 1. The zero-order valence-corrected chi connectivity index (χ0v) is 16.2. The number of hydrogen-bond acceptors (Lipinski definition) is 5. The number of nitrogens with zero attached hydrogens (tertiary/aromatic N) is 3. The first kappa shape index (κ1) is 18.9. The van der Waals surface area contributed by atoms with Crippen molar-refractivity contribution in [3.8, 4) is 11.6 Å². The van der Waals surface area contributed by atoms with E-state index in [9.17, 15) is 4.79 Å². The first-order valence-corrected chi connectivity index (χ1v) is 9.90. The summed E-state index contributed by atoms with van der Waals surface area (Å²) in [7, 11) is 0. The lowest BCUT2D eigenvalue weighted by atomic mass is 9.96. The summed E-state index contributed by atoms with van der Waals surface area (Å²) in [5.41, 5.74) is 1.11. The van der Waals surface area contributed by atoms with E-state index in [1.54, 1.807) is 12.4 Å². The van der Waals surface area contributed by atoms with Crippen LogP contribution in [0.1, 0.15) is 18.4 Å². The Morgan fingerprint density at radius 3 is 2.34 bits per heavy atom. The van der Waals surface area contributed by atoms with Gasteiger partial charge in [-0.15, -0.1) is 0 Å². The van der Waals surface area contributed by atoms with E-state index in [0.29, 0.717) is 12.4 Å². The number of aromatic nitrogens is 2. The lowest BCUT2D eigenvalue weighted by Crippen LogP contribution is -2.40. The molecule has 0 unspecified atom stereocenters. The smallest absolute Gasteiger partial charge is 0.263 e. The molecular weight excluding hydrogens is 364 g/mol. The summed E-state index contributed by atoms with van der Waals surface area (Å²) < 4.78 is 5.93. The molecule has 1 N–H and O–H groups in total. The highest BCUT2D eigenvalue weighted by atomic mass is 16.5. The molecule has 1 amide bonds. The predicted octanol–water partition coefficient (Wildman–Crippen LogP) is 3.80. The number of carbonyl (C=O) groups excluding carboxylic acids is 1. The summed E-state index contributed by atoms with van der Waals surface area (Å²) in [6.45, 7) is 2.06. The molecule has 4 rings (SSSR count). The van der Waals surface area contributed by atoms with Crippen molar-refractivity contribution >= 4 is 11.7 Å². The van der Waals surface area contributed by atoms with E-state index < -0.39 is 0 Å². The van der Waals surface area contributed by atoms with E-state index in [2.05, 4.69) is 20.2 Å². The molecule has 2 heterocycles. The zero-order chi connectivity index (χ0) is 19.9. The summed E-state index contributed by atoms with van der Waals surface area (Å²) in [5.74, 6) is 2.08. The van der Waals surface area contributed by atoms with Crippen LogP contribution in [0.15, 0.2) is 73.1 Å².